The van der Waals surface area contributed by atoms with E-state index in [4.69, 9.17) is 0 Å². The highest BCUT2D eigenvalue weighted by Gasteiger charge is 2.22. The molecule has 1 aliphatic heterocycles. The van der Waals surface area contributed by atoms with E-state index in [1.165, 1.54) is 25.7 Å². The minimum Gasteiger partial charge on any atom is -0.269 e. The zero-order valence-corrected chi connectivity index (χ0v) is 11.1. The van der Waals surface area contributed by atoms with Crippen molar-refractivity contribution >= 4 is 5.91 Å². The molecule has 0 aromatic carbocycles. The lowest BCUT2D eigenvalue weighted by atomic mass is 10.0. The third-order valence-corrected chi connectivity index (χ3v) is 3.50. The standard InChI is InChI=1S/C13H24N2O3/c16-13-11-9-7-5-3-1-2-4-6-8-10-12-14(13)15(17)18/h1-12H2. The van der Waals surface area contributed by atoms with Crippen molar-refractivity contribution in [1.29, 1.82) is 0 Å². The second-order valence-corrected chi connectivity index (χ2v) is 5.04. The van der Waals surface area contributed by atoms with E-state index in [1.807, 2.05) is 0 Å². The summed E-state index contributed by atoms with van der Waals surface area (Å²) in [6, 6.07) is 0. The highest BCUT2D eigenvalue weighted by atomic mass is 16.7. The smallest absolute Gasteiger partial charge is 0.269 e. The van der Waals surface area contributed by atoms with Crippen LogP contribution in [-0.2, 0) is 4.79 Å². The molecular formula is C13H24N2O3. The molecule has 1 amide bonds. The maximum Gasteiger partial charge on any atom is 0.283 e. The van der Waals surface area contributed by atoms with Crippen LogP contribution in [-0.4, -0.2) is 22.5 Å². The summed E-state index contributed by atoms with van der Waals surface area (Å²) in [5.74, 6) is -0.322. The van der Waals surface area contributed by atoms with Gasteiger partial charge in [0.25, 0.3) is 5.91 Å². The van der Waals surface area contributed by atoms with Gasteiger partial charge in [0.15, 0.2) is 5.03 Å². The van der Waals surface area contributed by atoms with Crippen molar-refractivity contribution in [2.75, 3.05) is 6.54 Å². The Bertz CT molecular complexity index is 269. The minimum absolute atomic E-state index is 0.270. The van der Waals surface area contributed by atoms with E-state index in [0.717, 1.165) is 43.5 Å². The number of nitro groups is 1. The number of carbonyl (C=O) groups excluding carboxylic acids is 1. The van der Waals surface area contributed by atoms with E-state index < -0.39 is 5.03 Å². The number of rotatable bonds is 1. The monoisotopic (exact) mass is 256 g/mol. The van der Waals surface area contributed by atoms with Crippen molar-refractivity contribution in [2.24, 2.45) is 0 Å². The van der Waals surface area contributed by atoms with Crippen molar-refractivity contribution in [1.82, 2.24) is 5.01 Å². The molecule has 0 aliphatic carbocycles. The number of amides is 1. The Balaban J connectivity index is 2.42. The van der Waals surface area contributed by atoms with Gasteiger partial charge in [-0.15, -0.1) is 0 Å². The zero-order valence-electron chi connectivity index (χ0n) is 11.1. The second-order valence-electron chi connectivity index (χ2n) is 5.04. The third kappa shape index (κ3) is 5.98. The summed E-state index contributed by atoms with van der Waals surface area (Å²) < 4.78 is 0. The Morgan fingerprint density at radius 3 is 1.78 bits per heavy atom. The van der Waals surface area contributed by atoms with Crippen molar-refractivity contribution < 1.29 is 9.83 Å². The highest BCUT2D eigenvalue weighted by Crippen LogP contribution is 2.13. The average molecular weight is 256 g/mol. The van der Waals surface area contributed by atoms with E-state index >= 15 is 0 Å². The van der Waals surface area contributed by atoms with Gasteiger partial charge in [0, 0.05) is 6.42 Å². The van der Waals surface area contributed by atoms with Crippen LogP contribution in [0.4, 0.5) is 0 Å². The van der Waals surface area contributed by atoms with Crippen LogP contribution in [0.3, 0.4) is 0 Å². The largest absolute Gasteiger partial charge is 0.283 e. The van der Waals surface area contributed by atoms with Gasteiger partial charge in [-0.05, 0) is 12.8 Å². The van der Waals surface area contributed by atoms with Crippen molar-refractivity contribution in [3.63, 3.8) is 0 Å². The molecule has 1 fully saturated rings. The van der Waals surface area contributed by atoms with Crippen LogP contribution in [0.2, 0.25) is 0 Å². The Morgan fingerprint density at radius 2 is 1.28 bits per heavy atom. The summed E-state index contributed by atoms with van der Waals surface area (Å²) in [5, 5.41) is 11.1. The molecular weight excluding hydrogens is 232 g/mol. The maximum absolute atomic E-state index is 11.7. The Hall–Kier alpha value is -1.13. The first-order valence-electron chi connectivity index (χ1n) is 7.16. The molecule has 0 bridgehead atoms. The predicted octanol–water partition coefficient (Wildman–Crippen LogP) is 3.31. The summed E-state index contributed by atoms with van der Waals surface area (Å²) in [6.07, 6.45) is 11.1. The Kier molecular flexibility index (Phi) is 7.37. The quantitative estimate of drug-likeness (QED) is 0.534. The summed E-state index contributed by atoms with van der Waals surface area (Å²) >= 11 is 0. The molecule has 5 heteroatoms. The molecule has 0 N–H and O–H groups in total. The van der Waals surface area contributed by atoms with Crippen LogP contribution >= 0.6 is 0 Å². The molecule has 5 nitrogen and oxygen atoms in total. The fourth-order valence-electron chi connectivity index (χ4n) is 2.38. The summed E-state index contributed by atoms with van der Waals surface area (Å²) in [6.45, 7) is 0.270. The van der Waals surface area contributed by atoms with Gasteiger partial charge >= 0.3 is 0 Å². The average Bonchev–Trinajstić information content (AvgIpc) is 2.33. The lowest BCUT2D eigenvalue weighted by Gasteiger charge is -2.13. The fraction of sp³-hybridized carbons (Fsp3) is 0.923. The predicted molar refractivity (Wildman–Crippen MR) is 69.5 cm³/mol. The normalized spacial score (nSPS) is 21.3. The molecule has 0 atom stereocenters. The molecule has 0 aromatic rings. The van der Waals surface area contributed by atoms with E-state index in [9.17, 15) is 14.9 Å². The van der Waals surface area contributed by atoms with Crippen LogP contribution in [0.15, 0.2) is 0 Å². The van der Waals surface area contributed by atoms with Crippen molar-refractivity contribution in [2.45, 2.75) is 70.6 Å². The third-order valence-electron chi connectivity index (χ3n) is 3.50. The fourth-order valence-corrected chi connectivity index (χ4v) is 2.38. The van der Waals surface area contributed by atoms with Crippen LogP contribution in [0.5, 0.6) is 0 Å². The SMILES string of the molecule is O=C1CCCCCCCCCCCCN1[N+](=O)[O-]. The second kappa shape index (κ2) is 8.89. The van der Waals surface area contributed by atoms with Crippen LogP contribution in [0, 0.1) is 10.1 Å². The first-order valence-corrected chi connectivity index (χ1v) is 7.16. The van der Waals surface area contributed by atoms with Gasteiger partial charge in [-0.3, -0.25) is 4.79 Å². The summed E-state index contributed by atoms with van der Waals surface area (Å²) in [5.41, 5.74) is 0. The molecule has 1 rings (SSSR count). The first-order chi connectivity index (χ1) is 8.72. The number of nitrogens with zero attached hydrogens (tertiary/aromatic N) is 2. The summed E-state index contributed by atoms with van der Waals surface area (Å²) in [4.78, 5) is 22.5. The van der Waals surface area contributed by atoms with Crippen LogP contribution < -0.4 is 0 Å². The van der Waals surface area contributed by atoms with Gasteiger partial charge in [-0.1, -0.05) is 56.4 Å². The molecule has 0 aromatic heterocycles. The van der Waals surface area contributed by atoms with Gasteiger partial charge in [0.05, 0.1) is 6.54 Å². The number of hydrazine groups is 1. The van der Waals surface area contributed by atoms with Crippen molar-refractivity contribution in [3.05, 3.63) is 10.1 Å². The molecule has 1 heterocycles. The maximum atomic E-state index is 11.7. The number of hydrogen-bond acceptors (Lipinski definition) is 3. The Morgan fingerprint density at radius 1 is 0.833 bits per heavy atom. The van der Waals surface area contributed by atoms with Crippen LogP contribution in [0.25, 0.3) is 0 Å². The first kappa shape index (κ1) is 14.9. The van der Waals surface area contributed by atoms with E-state index in [1.54, 1.807) is 0 Å². The number of carbonyl (C=O) groups is 1. The van der Waals surface area contributed by atoms with Gasteiger partial charge in [-0.25, -0.2) is 10.1 Å². The molecule has 1 saturated heterocycles. The summed E-state index contributed by atoms with van der Waals surface area (Å²) in [7, 11) is 0. The van der Waals surface area contributed by atoms with E-state index in [2.05, 4.69) is 0 Å². The number of hydrogen-bond donors (Lipinski definition) is 0. The molecule has 18 heavy (non-hydrogen) atoms. The van der Waals surface area contributed by atoms with E-state index in [0.29, 0.717) is 6.42 Å². The lowest BCUT2D eigenvalue weighted by Crippen LogP contribution is -2.36. The molecule has 104 valence electrons. The van der Waals surface area contributed by atoms with Gasteiger partial charge in [0.1, 0.15) is 0 Å². The topological polar surface area (TPSA) is 63.5 Å². The van der Waals surface area contributed by atoms with Gasteiger partial charge in [0.2, 0.25) is 0 Å². The van der Waals surface area contributed by atoms with Gasteiger partial charge < -0.3 is 0 Å². The molecule has 0 unspecified atom stereocenters. The molecule has 0 radical (unpaired) electrons. The zero-order chi connectivity index (χ0) is 13.2. The molecule has 0 saturated carbocycles. The molecule has 1 aliphatic rings. The van der Waals surface area contributed by atoms with Gasteiger partial charge in [-0.2, -0.15) is 0 Å². The van der Waals surface area contributed by atoms with E-state index in [-0.39, 0.29) is 12.5 Å². The highest BCUT2D eigenvalue weighted by molar-refractivity contribution is 5.74. The Labute approximate surface area is 109 Å². The lowest BCUT2D eigenvalue weighted by molar-refractivity contribution is -0.634. The van der Waals surface area contributed by atoms with Crippen LogP contribution in [0.1, 0.15) is 70.6 Å². The van der Waals surface area contributed by atoms with Crippen molar-refractivity contribution in [3.8, 4) is 0 Å². The molecule has 0 spiro atoms. The minimum atomic E-state index is -0.547.